The summed E-state index contributed by atoms with van der Waals surface area (Å²) in [5.74, 6) is 0.407. The molecular weight excluding hydrogens is 323 g/mol. The second-order valence-electron chi connectivity index (χ2n) is 4.64. The minimum atomic E-state index is -4.99. The van der Waals surface area contributed by atoms with Crippen molar-refractivity contribution in [1.29, 1.82) is 0 Å². The van der Waals surface area contributed by atoms with Gasteiger partial charge in [-0.1, -0.05) is 41.4 Å². The highest BCUT2D eigenvalue weighted by molar-refractivity contribution is 6.73. The second kappa shape index (κ2) is 6.20. The van der Waals surface area contributed by atoms with Crippen molar-refractivity contribution in [2.24, 2.45) is 0 Å². The number of halogens is 5. The van der Waals surface area contributed by atoms with Gasteiger partial charge in [0.05, 0.1) is 10.0 Å². The van der Waals surface area contributed by atoms with Gasteiger partial charge in [0.1, 0.15) is 12.4 Å². The van der Waals surface area contributed by atoms with Gasteiger partial charge in [0.2, 0.25) is 0 Å². The average Bonchev–Trinajstić information content (AvgIpc) is 2.40. The molecule has 0 bridgehead atoms. The van der Waals surface area contributed by atoms with E-state index >= 15 is 0 Å². The van der Waals surface area contributed by atoms with Gasteiger partial charge in [-0.25, -0.2) is 0 Å². The van der Waals surface area contributed by atoms with Crippen molar-refractivity contribution in [1.82, 2.24) is 0 Å². The van der Waals surface area contributed by atoms with Gasteiger partial charge in [-0.05, 0) is 36.2 Å². The van der Waals surface area contributed by atoms with Crippen LogP contribution in [0.1, 0.15) is 11.1 Å². The fraction of sp³-hybridized carbons (Fsp3) is 0.143. The van der Waals surface area contributed by atoms with E-state index in [2.05, 4.69) is 0 Å². The van der Waals surface area contributed by atoms with Gasteiger partial charge in [-0.2, -0.15) is 0 Å². The van der Waals surface area contributed by atoms with Crippen LogP contribution in [-0.2, 0) is 6.61 Å². The first-order valence-corrected chi connectivity index (χ1v) is 6.90. The first-order chi connectivity index (χ1) is 9.77. The van der Waals surface area contributed by atoms with Crippen molar-refractivity contribution in [2.75, 3.05) is 0 Å². The summed E-state index contributed by atoms with van der Waals surface area (Å²) in [6.45, 7) is -3.21. The Bertz CT molecular complexity index is 659. The third kappa shape index (κ3) is 4.08. The summed E-state index contributed by atoms with van der Waals surface area (Å²) in [6, 6.07) is 8.49. The summed E-state index contributed by atoms with van der Waals surface area (Å²) in [5, 5.41) is 0.845. The maximum Gasteiger partial charge on any atom is 0.509 e. The molecule has 0 saturated carbocycles. The Morgan fingerprint density at radius 2 is 1.71 bits per heavy atom. The Morgan fingerprint density at radius 1 is 1.00 bits per heavy atom. The van der Waals surface area contributed by atoms with E-state index < -0.39 is 12.4 Å². The molecule has 0 unspecified atom stereocenters. The Kier molecular flexibility index (Phi) is 4.74. The molecule has 0 radical (unpaired) electrons. The van der Waals surface area contributed by atoms with E-state index in [-0.39, 0.29) is 6.61 Å². The predicted molar refractivity (Wildman–Crippen MR) is 80.7 cm³/mol. The number of ether oxygens (including phenoxy) is 1. The van der Waals surface area contributed by atoms with E-state index in [4.69, 9.17) is 27.9 Å². The Balaban J connectivity index is 2.11. The summed E-state index contributed by atoms with van der Waals surface area (Å²) in [5.41, 5.74) is 0.592. The van der Waals surface area contributed by atoms with Gasteiger partial charge in [0.25, 0.3) is 0 Å². The fourth-order valence-corrected chi connectivity index (χ4v) is 2.15. The van der Waals surface area contributed by atoms with Crippen LogP contribution in [0.4, 0.5) is 12.9 Å². The van der Waals surface area contributed by atoms with Crippen molar-refractivity contribution < 1.29 is 17.7 Å². The number of rotatable bonds is 4. The van der Waals surface area contributed by atoms with Crippen molar-refractivity contribution in [3.8, 4) is 5.75 Å². The topological polar surface area (TPSA) is 9.23 Å². The molecule has 0 fully saturated rings. The molecule has 0 aliphatic rings. The number of hydrogen-bond donors (Lipinski definition) is 0. The minimum Gasteiger partial charge on any atom is -0.489 e. The van der Waals surface area contributed by atoms with Crippen LogP contribution in [0.3, 0.4) is 0 Å². The lowest BCUT2D eigenvalue weighted by atomic mass is 9.79. The Labute approximate surface area is 130 Å². The molecule has 0 aromatic heterocycles. The number of hydrogen-bond acceptors (Lipinski definition) is 1. The van der Waals surface area contributed by atoms with Gasteiger partial charge >= 0.3 is 6.98 Å². The van der Waals surface area contributed by atoms with Crippen LogP contribution in [-0.4, -0.2) is 6.98 Å². The molecule has 21 heavy (non-hydrogen) atoms. The van der Waals surface area contributed by atoms with E-state index in [1.54, 1.807) is 25.1 Å². The predicted octanol–water partition coefficient (Wildman–Crippen LogP) is 4.94. The molecule has 0 atom stereocenters. The lowest BCUT2D eigenvalue weighted by molar-refractivity contribution is 0.304. The summed E-state index contributed by atoms with van der Waals surface area (Å²) in [4.78, 5) is 0. The van der Waals surface area contributed by atoms with Crippen LogP contribution in [0.15, 0.2) is 36.4 Å². The van der Waals surface area contributed by atoms with Crippen LogP contribution in [0, 0.1) is 6.92 Å². The van der Waals surface area contributed by atoms with Crippen LogP contribution >= 0.6 is 23.2 Å². The van der Waals surface area contributed by atoms with Crippen LogP contribution in [0.5, 0.6) is 5.75 Å². The summed E-state index contributed by atoms with van der Waals surface area (Å²) >= 11 is 11.7. The van der Waals surface area contributed by atoms with Crippen LogP contribution in [0.25, 0.3) is 0 Å². The molecule has 2 aromatic carbocycles. The Hall–Kier alpha value is -1.33. The molecule has 1 nitrogen and oxygen atoms in total. The van der Waals surface area contributed by atoms with Crippen molar-refractivity contribution >= 4 is 35.6 Å². The fourth-order valence-electron chi connectivity index (χ4n) is 1.83. The van der Waals surface area contributed by atoms with Crippen LogP contribution in [0.2, 0.25) is 10.0 Å². The highest BCUT2D eigenvalue weighted by Gasteiger charge is 2.25. The van der Waals surface area contributed by atoms with Gasteiger partial charge in [-0.3, -0.25) is 0 Å². The third-order valence-electron chi connectivity index (χ3n) is 2.96. The lowest BCUT2D eigenvalue weighted by Crippen LogP contribution is -2.34. The highest BCUT2D eigenvalue weighted by atomic mass is 35.5. The first kappa shape index (κ1) is 16.1. The zero-order valence-corrected chi connectivity index (χ0v) is 12.6. The largest absolute Gasteiger partial charge is 0.509 e. The minimum absolute atomic E-state index is 0.203. The molecule has 0 aliphatic heterocycles. The summed E-state index contributed by atoms with van der Waals surface area (Å²) in [7, 11) is 0. The average molecular weight is 334 g/mol. The molecule has 2 aromatic rings. The Morgan fingerprint density at radius 3 is 2.29 bits per heavy atom. The highest BCUT2D eigenvalue weighted by Crippen LogP contribution is 2.24. The van der Waals surface area contributed by atoms with Crippen molar-refractivity contribution in [3.63, 3.8) is 0 Å². The van der Waals surface area contributed by atoms with Gasteiger partial charge in [-0.15, -0.1) is 5.46 Å². The van der Waals surface area contributed by atoms with E-state index in [0.717, 1.165) is 17.7 Å². The summed E-state index contributed by atoms with van der Waals surface area (Å²) in [6.07, 6.45) is 0. The van der Waals surface area contributed by atoms with Gasteiger partial charge in [0.15, 0.2) is 0 Å². The number of benzene rings is 2. The zero-order valence-electron chi connectivity index (χ0n) is 11.0. The van der Waals surface area contributed by atoms with Gasteiger partial charge in [0, 0.05) is 0 Å². The molecule has 2 rings (SSSR count). The molecule has 7 heteroatoms. The second-order valence-corrected chi connectivity index (χ2v) is 5.45. The SMILES string of the molecule is Cc1cc([B-](F)(F)F)ccc1OCc1ccc(Cl)c(Cl)c1. The van der Waals surface area contributed by atoms with E-state index in [1.807, 2.05) is 0 Å². The molecule has 0 heterocycles. The molecule has 0 amide bonds. The maximum atomic E-state index is 12.6. The molecule has 0 N–H and O–H groups in total. The molecule has 0 aliphatic carbocycles. The molecule has 112 valence electrons. The van der Waals surface area contributed by atoms with E-state index in [0.29, 0.717) is 21.4 Å². The lowest BCUT2D eigenvalue weighted by Gasteiger charge is -2.17. The smallest absolute Gasteiger partial charge is 0.489 e. The standard InChI is InChI=1S/C14H11BCl2F3O/c1-9-6-11(15(18,19)20)3-5-14(9)21-8-10-2-4-12(16)13(17)7-10/h2-7H,8H2,1H3/q-1. The molecule has 0 saturated heterocycles. The van der Waals surface area contributed by atoms with Crippen molar-refractivity contribution in [2.45, 2.75) is 13.5 Å². The van der Waals surface area contributed by atoms with Gasteiger partial charge < -0.3 is 17.7 Å². The summed E-state index contributed by atoms with van der Waals surface area (Å²) < 4.78 is 43.4. The zero-order chi connectivity index (χ0) is 15.6. The monoisotopic (exact) mass is 333 g/mol. The molecule has 0 spiro atoms. The maximum absolute atomic E-state index is 12.6. The third-order valence-corrected chi connectivity index (χ3v) is 3.69. The molecular formula is C14H11BCl2F3O-. The quantitative estimate of drug-likeness (QED) is 0.720. The first-order valence-electron chi connectivity index (χ1n) is 6.14. The van der Waals surface area contributed by atoms with E-state index in [9.17, 15) is 12.9 Å². The van der Waals surface area contributed by atoms with Crippen LogP contribution < -0.4 is 10.2 Å². The normalized spacial score (nSPS) is 11.5. The van der Waals surface area contributed by atoms with E-state index in [1.165, 1.54) is 6.07 Å². The number of aryl methyl sites for hydroxylation is 1. The van der Waals surface area contributed by atoms with Crippen molar-refractivity contribution in [3.05, 3.63) is 57.6 Å².